The molecule has 6 heteroatoms. The maximum Gasteiger partial charge on any atom is 0.215 e. The number of nitrogens with one attached hydrogen (secondary N) is 1. The second kappa shape index (κ2) is 7.57. The minimum absolute atomic E-state index is 0.157. The predicted octanol–water partition coefficient (Wildman–Crippen LogP) is 2.94. The fraction of sp³-hybridized carbons (Fsp3) is 0.294. The van der Waals surface area contributed by atoms with E-state index in [1.807, 2.05) is 32.0 Å². The van der Waals surface area contributed by atoms with Crippen LogP contribution in [0, 0.1) is 19.7 Å². The highest BCUT2D eigenvalue weighted by molar-refractivity contribution is 7.88. The summed E-state index contributed by atoms with van der Waals surface area (Å²) in [6, 6.07) is 11.4. The zero-order chi connectivity index (χ0) is 16.9. The third-order valence-electron chi connectivity index (χ3n) is 3.13. The molecular weight excluding hydrogens is 317 g/mol. The van der Waals surface area contributed by atoms with Crippen LogP contribution in [0.2, 0.25) is 0 Å². The standard InChI is InChI=1S/C17H20FNO3S/c1-13-8-14(2)10-17(9-13)22-7-6-19-23(20,21)12-15-4-3-5-16(18)11-15/h3-5,8-11,19H,6-7,12H2,1-2H3. The van der Waals surface area contributed by atoms with E-state index in [4.69, 9.17) is 4.74 Å². The monoisotopic (exact) mass is 337 g/mol. The van der Waals surface area contributed by atoms with Crippen LogP contribution in [0.25, 0.3) is 0 Å². The van der Waals surface area contributed by atoms with Crippen LogP contribution in [-0.2, 0) is 15.8 Å². The summed E-state index contributed by atoms with van der Waals surface area (Å²) >= 11 is 0. The molecule has 0 bridgehead atoms. The van der Waals surface area contributed by atoms with Gasteiger partial charge in [0.15, 0.2) is 0 Å². The zero-order valence-electron chi connectivity index (χ0n) is 13.2. The largest absolute Gasteiger partial charge is 0.492 e. The Morgan fingerprint density at radius 2 is 1.78 bits per heavy atom. The first-order chi connectivity index (χ1) is 10.8. The van der Waals surface area contributed by atoms with Gasteiger partial charge in [0.2, 0.25) is 10.0 Å². The highest BCUT2D eigenvalue weighted by Gasteiger charge is 2.11. The van der Waals surface area contributed by atoms with Gasteiger partial charge in [0.25, 0.3) is 0 Å². The lowest BCUT2D eigenvalue weighted by molar-refractivity contribution is 0.322. The van der Waals surface area contributed by atoms with Gasteiger partial charge in [-0.25, -0.2) is 17.5 Å². The lowest BCUT2D eigenvalue weighted by Gasteiger charge is -2.10. The Labute approximate surface area is 136 Å². The fourth-order valence-corrected chi connectivity index (χ4v) is 3.39. The van der Waals surface area contributed by atoms with Crippen molar-refractivity contribution in [2.24, 2.45) is 0 Å². The van der Waals surface area contributed by atoms with Gasteiger partial charge in [-0.05, 0) is 54.8 Å². The summed E-state index contributed by atoms with van der Waals surface area (Å²) in [5, 5.41) is 0. The van der Waals surface area contributed by atoms with E-state index in [-0.39, 0.29) is 18.9 Å². The quantitative estimate of drug-likeness (QED) is 0.790. The average Bonchev–Trinajstić information content (AvgIpc) is 2.42. The lowest BCUT2D eigenvalue weighted by atomic mass is 10.1. The molecule has 0 aliphatic rings. The molecule has 4 nitrogen and oxygen atoms in total. The van der Waals surface area contributed by atoms with Gasteiger partial charge in [0, 0.05) is 6.54 Å². The number of halogens is 1. The van der Waals surface area contributed by atoms with E-state index in [1.54, 1.807) is 6.07 Å². The summed E-state index contributed by atoms with van der Waals surface area (Å²) in [5.41, 5.74) is 2.59. The smallest absolute Gasteiger partial charge is 0.215 e. The molecule has 0 amide bonds. The van der Waals surface area contributed by atoms with Crippen molar-refractivity contribution >= 4 is 10.0 Å². The molecule has 0 aliphatic carbocycles. The molecule has 0 fully saturated rings. The van der Waals surface area contributed by atoms with Gasteiger partial charge in [0.1, 0.15) is 18.2 Å². The highest BCUT2D eigenvalue weighted by Crippen LogP contribution is 2.15. The van der Waals surface area contributed by atoms with Gasteiger partial charge >= 0.3 is 0 Å². The number of ether oxygens (including phenoxy) is 1. The maximum atomic E-state index is 13.1. The Morgan fingerprint density at radius 3 is 2.43 bits per heavy atom. The van der Waals surface area contributed by atoms with E-state index in [9.17, 15) is 12.8 Å². The maximum absolute atomic E-state index is 13.1. The molecule has 2 aromatic carbocycles. The molecule has 0 atom stereocenters. The van der Waals surface area contributed by atoms with Crippen molar-refractivity contribution in [2.45, 2.75) is 19.6 Å². The number of hydrogen-bond acceptors (Lipinski definition) is 3. The van der Waals surface area contributed by atoms with Crippen molar-refractivity contribution in [1.29, 1.82) is 0 Å². The van der Waals surface area contributed by atoms with Gasteiger partial charge in [0.05, 0.1) is 5.75 Å². The SMILES string of the molecule is Cc1cc(C)cc(OCCNS(=O)(=O)Cc2cccc(F)c2)c1. The van der Waals surface area contributed by atoms with Crippen LogP contribution in [0.3, 0.4) is 0 Å². The second-order valence-corrected chi connectivity index (χ2v) is 7.26. The Kier molecular flexibility index (Phi) is 5.74. The molecule has 0 spiro atoms. The first-order valence-corrected chi connectivity index (χ1v) is 8.92. The van der Waals surface area contributed by atoms with E-state index in [0.29, 0.717) is 11.3 Å². The molecule has 0 saturated heterocycles. The molecule has 0 unspecified atom stereocenters. The molecule has 2 rings (SSSR count). The molecule has 0 heterocycles. The van der Waals surface area contributed by atoms with Crippen LogP contribution in [0.4, 0.5) is 4.39 Å². The summed E-state index contributed by atoms with van der Waals surface area (Å²) in [4.78, 5) is 0. The van der Waals surface area contributed by atoms with Gasteiger partial charge in [-0.15, -0.1) is 0 Å². The van der Waals surface area contributed by atoms with Crippen LogP contribution in [-0.4, -0.2) is 21.6 Å². The Bertz CT molecular complexity index is 755. The number of benzene rings is 2. The van der Waals surface area contributed by atoms with Gasteiger partial charge < -0.3 is 4.74 Å². The first kappa shape index (κ1) is 17.4. The molecule has 0 radical (unpaired) electrons. The molecule has 0 saturated carbocycles. The molecule has 0 aliphatic heterocycles. The third kappa shape index (κ3) is 6.00. The van der Waals surface area contributed by atoms with Crippen LogP contribution in [0.15, 0.2) is 42.5 Å². The Hall–Kier alpha value is -1.92. The van der Waals surface area contributed by atoms with Gasteiger partial charge in [-0.2, -0.15) is 0 Å². The summed E-state index contributed by atoms with van der Waals surface area (Å²) in [7, 11) is -3.52. The number of aryl methyl sites for hydroxylation is 2. The van der Waals surface area contributed by atoms with Crippen LogP contribution < -0.4 is 9.46 Å². The molecule has 1 N–H and O–H groups in total. The molecular formula is C17H20FNO3S. The van der Waals surface area contributed by atoms with E-state index in [2.05, 4.69) is 4.72 Å². The van der Waals surface area contributed by atoms with Crippen LogP contribution >= 0.6 is 0 Å². The average molecular weight is 337 g/mol. The van der Waals surface area contributed by atoms with Crippen molar-refractivity contribution in [3.05, 3.63) is 65.0 Å². The van der Waals surface area contributed by atoms with Crippen LogP contribution in [0.1, 0.15) is 16.7 Å². The Balaban J connectivity index is 1.83. The normalized spacial score (nSPS) is 11.4. The fourth-order valence-electron chi connectivity index (χ4n) is 2.28. The van der Waals surface area contributed by atoms with Crippen molar-refractivity contribution in [1.82, 2.24) is 4.72 Å². The van der Waals surface area contributed by atoms with Crippen LogP contribution in [0.5, 0.6) is 5.75 Å². The molecule has 0 aromatic heterocycles. The van der Waals surface area contributed by atoms with E-state index >= 15 is 0 Å². The topological polar surface area (TPSA) is 55.4 Å². The minimum Gasteiger partial charge on any atom is -0.492 e. The summed E-state index contributed by atoms with van der Waals surface area (Å²) in [6.07, 6.45) is 0. The minimum atomic E-state index is -3.52. The molecule has 124 valence electrons. The first-order valence-electron chi connectivity index (χ1n) is 7.27. The highest BCUT2D eigenvalue weighted by atomic mass is 32.2. The predicted molar refractivity (Wildman–Crippen MR) is 88.4 cm³/mol. The van der Waals surface area contributed by atoms with E-state index in [1.165, 1.54) is 18.2 Å². The van der Waals surface area contributed by atoms with E-state index in [0.717, 1.165) is 11.1 Å². The number of rotatable bonds is 7. The van der Waals surface area contributed by atoms with E-state index < -0.39 is 15.8 Å². The van der Waals surface area contributed by atoms with Gasteiger partial charge in [-0.3, -0.25) is 0 Å². The second-order valence-electron chi connectivity index (χ2n) is 5.46. The summed E-state index contributed by atoms with van der Waals surface area (Å²) < 4.78 is 44.9. The Morgan fingerprint density at radius 1 is 1.09 bits per heavy atom. The molecule has 2 aromatic rings. The summed E-state index contributed by atoms with van der Waals surface area (Å²) in [6.45, 7) is 4.33. The van der Waals surface area contributed by atoms with Crippen molar-refractivity contribution in [2.75, 3.05) is 13.2 Å². The zero-order valence-corrected chi connectivity index (χ0v) is 14.0. The number of sulfonamides is 1. The van der Waals surface area contributed by atoms with Crippen molar-refractivity contribution in [3.63, 3.8) is 0 Å². The van der Waals surface area contributed by atoms with Crippen molar-refractivity contribution in [3.8, 4) is 5.75 Å². The summed E-state index contributed by atoms with van der Waals surface area (Å²) in [5.74, 6) is 0.0107. The van der Waals surface area contributed by atoms with Gasteiger partial charge in [-0.1, -0.05) is 18.2 Å². The number of hydrogen-bond donors (Lipinski definition) is 1. The molecule has 23 heavy (non-hydrogen) atoms. The lowest BCUT2D eigenvalue weighted by Crippen LogP contribution is -2.29. The van der Waals surface area contributed by atoms with Crippen molar-refractivity contribution < 1.29 is 17.5 Å². The third-order valence-corrected chi connectivity index (χ3v) is 4.49.